The Morgan fingerprint density at radius 1 is 1.20 bits per heavy atom. The van der Waals surface area contributed by atoms with E-state index in [9.17, 15) is 0 Å². The summed E-state index contributed by atoms with van der Waals surface area (Å²) in [4.78, 5) is 0. The molecule has 0 spiro atoms. The molecule has 0 aliphatic carbocycles. The standard InChI is InChI=1S/C15H20N4S/c1-3-12-5-7-13(8-6-12)18-15(20)16-11-14-9-10-17-19(14)4-2/h5-10H,3-4,11H2,1-2H3,(H2,16,18,20). The summed E-state index contributed by atoms with van der Waals surface area (Å²) in [7, 11) is 0. The number of rotatable bonds is 5. The second-order valence-electron chi connectivity index (χ2n) is 4.50. The molecule has 5 heteroatoms. The SMILES string of the molecule is CCc1ccc(NC(=S)NCc2ccnn2CC)cc1. The summed E-state index contributed by atoms with van der Waals surface area (Å²) >= 11 is 5.30. The summed E-state index contributed by atoms with van der Waals surface area (Å²) in [5, 5.41) is 11.2. The Morgan fingerprint density at radius 3 is 2.60 bits per heavy atom. The van der Waals surface area contributed by atoms with E-state index >= 15 is 0 Å². The molecule has 0 unspecified atom stereocenters. The summed E-state index contributed by atoms with van der Waals surface area (Å²) in [5.74, 6) is 0. The summed E-state index contributed by atoms with van der Waals surface area (Å²) in [5.41, 5.74) is 3.45. The molecule has 0 radical (unpaired) electrons. The number of anilines is 1. The maximum Gasteiger partial charge on any atom is 0.171 e. The van der Waals surface area contributed by atoms with Gasteiger partial charge in [0.1, 0.15) is 0 Å². The third-order valence-electron chi connectivity index (χ3n) is 3.15. The van der Waals surface area contributed by atoms with Gasteiger partial charge in [0.05, 0.1) is 12.2 Å². The van der Waals surface area contributed by atoms with Crippen LogP contribution in [0.2, 0.25) is 0 Å². The van der Waals surface area contributed by atoms with Crippen molar-refractivity contribution >= 4 is 23.0 Å². The van der Waals surface area contributed by atoms with Crippen molar-refractivity contribution in [2.45, 2.75) is 33.4 Å². The minimum atomic E-state index is 0.623. The van der Waals surface area contributed by atoms with Gasteiger partial charge in [0.2, 0.25) is 0 Å². The minimum absolute atomic E-state index is 0.623. The third-order valence-corrected chi connectivity index (χ3v) is 3.40. The molecule has 1 heterocycles. The number of benzene rings is 1. The smallest absolute Gasteiger partial charge is 0.171 e. The Hall–Kier alpha value is -1.88. The van der Waals surface area contributed by atoms with Gasteiger partial charge in [-0.05, 0) is 49.3 Å². The second-order valence-corrected chi connectivity index (χ2v) is 4.90. The lowest BCUT2D eigenvalue weighted by atomic mass is 10.1. The van der Waals surface area contributed by atoms with Crippen LogP contribution in [0.15, 0.2) is 36.5 Å². The van der Waals surface area contributed by atoms with Crippen molar-refractivity contribution in [2.24, 2.45) is 0 Å². The van der Waals surface area contributed by atoms with Gasteiger partial charge in [0.25, 0.3) is 0 Å². The van der Waals surface area contributed by atoms with Crippen LogP contribution in [0.3, 0.4) is 0 Å². The van der Waals surface area contributed by atoms with Crippen LogP contribution < -0.4 is 10.6 Å². The van der Waals surface area contributed by atoms with Crippen LogP contribution in [-0.2, 0) is 19.5 Å². The molecule has 20 heavy (non-hydrogen) atoms. The first-order chi connectivity index (χ1) is 9.72. The largest absolute Gasteiger partial charge is 0.357 e. The van der Waals surface area contributed by atoms with Crippen molar-refractivity contribution in [2.75, 3.05) is 5.32 Å². The number of aromatic nitrogens is 2. The zero-order valence-electron chi connectivity index (χ0n) is 11.9. The molecule has 0 amide bonds. The van der Waals surface area contributed by atoms with E-state index < -0.39 is 0 Å². The highest BCUT2D eigenvalue weighted by molar-refractivity contribution is 7.80. The Bertz CT molecular complexity index is 560. The lowest BCUT2D eigenvalue weighted by Gasteiger charge is -2.11. The Morgan fingerprint density at radius 2 is 1.95 bits per heavy atom. The van der Waals surface area contributed by atoms with Gasteiger partial charge in [-0.15, -0.1) is 0 Å². The quantitative estimate of drug-likeness (QED) is 0.830. The summed E-state index contributed by atoms with van der Waals surface area (Å²) < 4.78 is 1.95. The van der Waals surface area contributed by atoms with Gasteiger partial charge < -0.3 is 10.6 Å². The number of hydrogen-bond donors (Lipinski definition) is 2. The maximum absolute atomic E-state index is 5.30. The van der Waals surface area contributed by atoms with E-state index in [-0.39, 0.29) is 0 Å². The zero-order valence-corrected chi connectivity index (χ0v) is 12.7. The van der Waals surface area contributed by atoms with Crippen molar-refractivity contribution in [3.05, 3.63) is 47.8 Å². The maximum atomic E-state index is 5.30. The summed E-state index contributed by atoms with van der Waals surface area (Å²) in [6.07, 6.45) is 2.85. The van der Waals surface area contributed by atoms with E-state index in [0.29, 0.717) is 11.7 Å². The van der Waals surface area contributed by atoms with Gasteiger partial charge >= 0.3 is 0 Å². The van der Waals surface area contributed by atoms with Crippen LogP contribution in [0, 0.1) is 0 Å². The van der Waals surface area contributed by atoms with E-state index in [1.54, 1.807) is 6.20 Å². The predicted molar refractivity (Wildman–Crippen MR) is 86.8 cm³/mol. The lowest BCUT2D eigenvalue weighted by molar-refractivity contribution is 0.614. The van der Waals surface area contributed by atoms with Crippen LogP contribution in [-0.4, -0.2) is 14.9 Å². The van der Waals surface area contributed by atoms with Gasteiger partial charge in [0, 0.05) is 18.4 Å². The molecule has 106 valence electrons. The van der Waals surface area contributed by atoms with Crippen molar-refractivity contribution < 1.29 is 0 Å². The molecule has 2 aromatic rings. The predicted octanol–water partition coefficient (Wildman–Crippen LogP) is 2.95. The highest BCUT2D eigenvalue weighted by atomic mass is 32.1. The third kappa shape index (κ3) is 3.81. The normalized spacial score (nSPS) is 10.3. The van der Waals surface area contributed by atoms with Crippen LogP contribution in [0.4, 0.5) is 5.69 Å². The van der Waals surface area contributed by atoms with Crippen molar-refractivity contribution in [1.82, 2.24) is 15.1 Å². The summed E-state index contributed by atoms with van der Waals surface area (Å²) in [6, 6.07) is 10.3. The van der Waals surface area contributed by atoms with Gasteiger partial charge in [-0.2, -0.15) is 5.10 Å². The van der Waals surface area contributed by atoms with Crippen molar-refractivity contribution in [1.29, 1.82) is 0 Å². The van der Waals surface area contributed by atoms with E-state index in [4.69, 9.17) is 12.2 Å². The molecular formula is C15H20N4S. The highest BCUT2D eigenvalue weighted by Gasteiger charge is 2.02. The van der Waals surface area contributed by atoms with Crippen LogP contribution in [0.5, 0.6) is 0 Å². The molecule has 0 saturated heterocycles. The highest BCUT2D eigenvalue weighted by Crippen LogP contribution is 2.09. The average molecular weight is 288 g/mol. The number of nitrogens with one attached hydrogen (secondary N) is 2. The van der Waals surface area contributed by atoms with Crippen LogP contribution in [0.25, 0.3) is 0 Å². The van der Waals surface area contributed by atoms with Gasteiger partial charge in [0.15, 0.2) is 5.11 Å². The van der Waals surface area contributed by atoms with E-state index in [1.165, 1.54) is 5.56 Å². The fourth-order valence-electron chi connectivity index (χ4n) is 1.96. The fourth-order valence-corrected chi connectivity index (χ4v) is 2.15. The van der Waals surface area contributed by atoms with Gasteiger partial charge in [-0.3, -0.25) is 4.68 Å². The van der Waals surface area contributed by atoms with Crippen LogP contribution in [0.1, 0.15) is 25.1 Å². The zero-order chi connectivity index (χ0) is 14.4. The minimum Gasteiger partial charge on any atom is -0.357 e. The molecule has 4 nitrogen and oxygen atoms in total. The van der Waals surface area contributed by atoms with E-state index in [1.807, 2.05) is 22.9 Å². The number of thiocarbonyl (C=S) groups is 1. The first-order valence-electron chi connectivity index (χ1n) is 6.87. The number of aryl methyl sites for hydroxylation is 2. The second kappa shape index (κ2) is 7.05. The molecule has 0 aliphatic heterocycles. The molecule has 1 aromatic carbocycles. The Kier molecular flexibility index (Phi) is 5.12. The van der Waals surface area contributed by atoms with Crippen molar-refractivity contribution in [3.63, 3.8) is 0 Å². The monoisotopic (exact) mass is 288 g/mol. The first kappa shape index (κ1) is 14.5. The Balaban J connectivity index is 1.86. The Labute approximate surface area is 125 Å². The molecule has 0 aliphatic rings. The van der Waals surface area contributed by atoms with Gasteiger partial charge in [-0.25, -0.2) is 0 Å². The van der Waals surface area contributed by atoms with Gasteiger partial charge in [-0.1, -0.05) is 19.1 Å². The molecule has 0 fully saturated rings. The molecular weight excluding hydrogens is 268 g/mol. The molecule has 0 atom stereocenters. The summed E-state index contributed by atoms with van der Waals surface area (Å²) in [6.45, 7) is 5.75. The molecule has 2 N–H and O–H groups in total. The average Bonchev–Trinajstić information content (AvgIpc) is 2.93. The number of nitrogens with zero attached hydrogens (tertiary/aromatic N) is 2. The molecule has 0 bridgehead atoms. The lowest BCUT2D eigenvalue weighted by Crippen LogP contribution is -2.28. The van der Waals surface area contributed by atoms with E-state index in [2.05, 4.69) is 41.7 Å². The molecule has 1 aromatic heterocycles. The van der Waals surface area contributed by atoms with E-state index in [0.717, 1.165) is 24.3 Å². The molecule has 2 rings (SSSR count). The van der Waals surface area contributed by atoms with Crippen molar-refractivity contribution in [3.8, 4) is 0 Å². The molecule has 0 saturated carbocycles. The van der Waals surface area contributed by atoms with Crippen LogP contribution >= 0.6 is 12.2 Å². The first-order valence-corrected chi connectivity index (χ1v) is 7.28. The number of hydrogen-bond acceptors (Lipinski definition) is 2. The topological polar surface area (TPSA) is 41.9 Å². The fraction of sp³-hybridized carbons (Fsp3) is 0.333.